The lowest BCUT2D eigenvalue weighted by molar-refractivity contribution is 0.168. The molecule has 6 fully saturated rings. The van der Waals surface area contributed by atoms with Gasteiger partial charge in [-0.25, -0.2) is 19.6 Å². The van der Waals surface area contributed by atoms with Crippen molar-refractivity contribution in [1.82, 2.24) is 59.9 Å². The van der Waals surface area contributed by atoms with E-state index in [1.807, 2.05) is 22.1 Å². The monoisotopic (exact) mass is 886 g/mol. The van der Waals surface area contributed by atoms with Gasteiger partial charge in [-0.05, 0) is 95.0 Å². The first kappa shape index (κ1) is 42.8. The lowest BCUT2D eigenvalue weighted by Gasteiger charge is -2.21. The van der Waals surface area contributed by atoms with Crippen molar-refractivity contribution in [1.29, 1.82) is 0 Å². The summed E-state index contributed by atoms with van der Waals surface area (Å²) < 4.78 is 3.34. The van der Waals surface area contributed by atoms with E-state index in [0.29, 0.717) is 77.6 Å². The summed E-state index contributed by atoms with van der Waals surface area (Å²) in [6, 6.07) is 3.53. The molecular weight excluding hydrogens is 828 g/mol. The van der Waals surface area contributed by atoms with E-state index in [9.17, 15) is 19.8 Å². The van der Waals surface area contributed by atoms with Gasteiger partial charge in [-0.1, -0.05) is 11.6 Å². The molecule has 4 aromatic heterocycles. The summed E-state index contributed by atoms with van der Waals surface area (Å²) in [5.74, 6) is 4.46. The third-order valence-corrected chi connectivity index (χ3v) is 12.9. The normalized spacial score (nSPS) is 25.7. The predicted octanol–water partition coefficient (Wildman–Crippen LogP) is 4.24. The van der Waals surface area contributed by atoms with Gasteiger partial charge in [0.1, 0.15) is 10.8 Å². The molecule has 21 heteroatoms. The fourth-order valence-electron chi connectivity index (χ4n) is 9.44. The van der Waals surface area contributed by atoms with Crippen LogP contribution in [0.2, 0.25) is 5.02 Å². The molecule has 0 radical (unpaired) electrons. The fraction of sp³-hybridized carbons (Fsp3) is 0.619. The molecule has 6 heterocycles. The molecule has 6 atom stereocenters. The maximum atomic E-state index is 12.3. The highest BCUT2D eigenvalue weighted by Gasteiger charge is 2.44. The van der Waals surface area contributed by atoms with Crippen molar-refractivity contribution >= 4 is 58.6 Å². The van der Waals surface area contributed by atoms with Crippen molar-refractivity contribution in [2.45, 2.75) is 115 Å². The van der Waals surface area contributed by atoms with Gasteiger partial charge < -0.3 is 51.9 Å². The van der Waals surface area contributed by atoms with Gasteiger partial charge in [-0.15, -0.1) is 0 Å². The number of aliphatic hydroxyl groups is 2. The zero-order valence-corrected chi connectivity index (χ0v) is 36.5. The Labute approximate surface area is 371 Å². The maximum Gasteiger partial charge on any atom is 0.317 e. The molecule has 0 spiro atoms. The number of aromatic nitrogens is 8. The van der Waals surface area contributed by atoms with Gasteiger partial charge in [0, 0.05) is 68.9 Å². The molecule has 0 aromatic carbocycles. The number of nitrogens with one attached hydrogen (secondary N) is 6. The Bertz CT molecular complexity index is 2180. The van der Waals surface area contributed by atoms with Crippen LogP contribution in [0.15, 0.2) is 43.2 Å². The second-order valence-corrected chi connectivity index (χ2v) is 18.8. The number of likely N-dealkylation sites (tertiary alicyclic amines) is 2. The Morgan fingerprint density at radius 3 is 1.63 bits per heavy atom. The molecule has 10 rings (SSSR count). The number of halogens is 1. The van der Waals surface area contributed by atoms with Gasteiger partial charge >= 0.3 is 12.1 Å². The van der Waals surface area contributed by atoms with Crippen molar-refractivity contribution in [3.63, 3.8) is 0 Å². The number of carbonyl (C=O) groups excluding carboxylic acids is 2. The van der Waals surface area contributed by atoms with Crippen molar-refractivity contribution in [2.75, 3.05) is 47.4 Å². The van der Waals surface area contributed by atoms with Crippen molar-refractivity contribution in [2.24, 2.45) is 23.7 Å². The molecule has 6 aliphatic rings. The number of rotatable bonds is 14. The number of carbonyl (C=O) groups is 2. The third kappa shape index (κ3) is 11.4. The first-order chi connectivity index (χ1) is 30.4. The smallest absolute Gasteiger partial charge is 0.317 e. The molecule has 4 aliphatic carbocycles. The lowest BCUT2D eigenvalue weighted by Crippen LogP contribution is -2.40. The molecule has 0 bridgehead atoms. The number of anilines is 6. The predicted molar refractivity (Wildman–Crippen MR) is 237 cm³/mol. The molecular formula is C42H59ClN16O4. The third-order valence-electron chi connectivity index (χ3n) is 12.7. The standard InChI is InChI=1S/C21H29ClN8O2.C21H30N8O2/c1-12(31)8-30-11-17(6-24-30)26-20-23-7-18(22)19(28-20)25-16-4-13-9-29(10-14(13)5-16)21(32)27-15-2-3-15;1-13(30)9-29-12-18(8-23-29)25-20-22-5-4-19(27-20)24-17-6-14-10-28(11-15(14)7-17)21(31)26-16-2-3-16/h6-7,11-16,31H,2-5,8-10H2,1H3,(H,27,32)(H2,23,25,26,28);4-5,8,12-17,30H,2-3,6-7,9-11H2,1H3,(H,26,31)(H2,22,24,25,27). The van der Waals surface area contributed by atoms with Crippen molar-refractivity contribution < 1.29 is 19.8 Å². The molecule has 4 aromatic rings. The average Bonchev–Trinajstić information content (AvgIpc) is 3.78. The Hall–Kier alpha value is -5.47. The number of fused-ring (bicyclic) bond motifs is 2. The van der Waals surface area contributed by atoms with Gasteiger partial charge in [0.25, 0.3) is 0 Å². The van der Waals surface area contributed by atoms with Gasteiger partial charge in [0.2, 0.25) is 11.9 Å². The highest BCUT2D eigenvalue weighted by Crippen LogP contribution is 2.41. The van der Waals surface area contributed by atoms with E-state index in [2.05, 4.69) is 62.0 Å². The Morgan fingerprint density at radius 2 is 1.16 bits per heavy atom. The van der Waals surface area contributed by atoms with E-state index in [1.54, 1.807) is 54.2 Å². The van der Waals surface area contributed by atoms with Crippen LogP contribution in [0.1, 0.15) is 65.2 Å². The summed E-state index contributed by atoms with van der Waals surface area (Å²) in [5.41, 5.74) is 1.51. The first-order valence-corrected chi connectivity index (χ1v) is 22.8. The highest BCUT2D eigenvalue weighted by atomic mass is 35.5. The molecule has 2 aliphatic heterocycles. The minimum absolute atomic E-state index is 0.0951. The van der Waals surface area contributed by atoms with Gasteiger partial charge in [0.05, 0.1) is 55.3 Å². The first-order valence-electron chi connectivity index (χ1n) is 22.4. The molecule has 20 nitrogen and oxygen atoms in total. The van der Waals surface area contributed by atoms with E-state index in [1.165, 1.54) is 0 Å². The van der Waals surface area contributed by atoms with Crippen LogP contribution in [-0.2, 0) is 13.1 Å². The zero-order chi connectivity index (χ0) is 43.6. The average molecular weight is 887 g/mol. The number of aliphatic hydroxyl groups excluding tert-OH is 2. The van der Waals surface area contributed by atoms with Crippen molar-refractivity contribution in [3.8, 4) is 0 Å². The lowest BCUT2D eigenvalue weighted by atomic mass is 10.0. The Morgan fingerprint density at radius 1 is 0.683 bits per heavy atom. The largest absolute Gasteiger partial charge is 0.391 e. The second-order valence-electron chi connectivity index (χ2n) is 18.4. The summed E-state index contributed by atoms with van der Waals surface area (Å²) in [6.45, 7) is 7.65. The minimum Gasteiger partial charge on any atom is -0.391 e. The number of amides is 4. The molecule has 63 heavy (non-hydrogen) atoms. The van der Waals surface area contributed by atoms with Crippen LogP contribution in [0.5, 0.6) is 0 Å². The quantitative estimate of drug-likeness (QED) is 0.0885. The van der Waals surface area contributed by atoms with Gasteiger partial charge in [-0.2, -0.15) is 20.2 Å². The SMILES string of the molecule is CC(O)Cn1cc(Nc2ncc(Cl)c(NC3CC4CN(C(=O)NC5CC5)CC4C3)n2)cn1.CC(O)Cn1cc(Nc2nccc(NC3CC4CN(C(=O)NC5CC5)CC4C3)n2)cn1. The van der Waals surface area contributed by atoms with Crippen LogP contribution >= 0.6 is 11.6 Å². The zero-order valence-electron chi connectivity index (χ0n) is 35.8. The number of hydrogen-bond donors (Lipinski definition) is 8. The summed E-state index contributed by atoms with van der Waals surface area (Å²) in [4.78, 5) is 46.3. The van der Waals surface area contributed by atoms with E-state index in [0.717, 1.165) is 94.7 Å². The molecule has 4 saturated carbocycles. The number of hydrogen-bond acceptors (Lipinski definition) is 14. The van der Waals surface area contributed by atoms with Gasteiger partial charge in [-0.3, -0.25) is 9.36 Å². The fourth-order valence-corrected chi connectivity index (χ4v) is 9.59. The molecule has 6 unspecified atom stereocenters. The Balaban J connectivity index is 0.000000160. The highest BCUT2D eigenvalue weighted by molar-refractivity contribution is 6.32. The number of nitrogens with zero attached hydrogens (tertiary/aromatic N) is 10. The van der Waals surface area contributed by atoms with Crippen molar-refractivity contribution in [3.05, 3.63) is 48.3 Å². The van der Waals surface area contributed by atoms with E-state index in [-0.39, 0.29) is 18.1 Å². The van der Waals surface area contributed by atoms with Crippen LogP contribution in [0.3, 0.4) is 0 Å². The second kappa shape index (κ2) is 18.7. The van der Waals surface area contributed by atoms with Gasteiger partial charge in [0.15, 0.2) is 5.82 Å². The summed E-state index contributed by atoms with van der Waals surface area (Å²) in [7, 11) is 0. The minimum atomic E-state index is -0.476. The topological polar surface area (TPSA) is 240 Å². The van der Waals surface area contributed by atoms with Crippen LogP contribution in [0, 0.1) is 23.7 Å². The number of urea groups is 2. The Kier molecular flexibility index (Phi) is 12.7. The maximum absolute atomic E-state index is 12.3. The van der Waals surface area contributed by atoms with E-state index < -0.39 is 12.2 Å². The van der Waals surface area contributed by atoms with Crippen LogP contribution < -0.4 is 31.9 Å². The molecule has 8 N–H and O–H groups in total. The van der Waals surface area contributed by atoms with Crippen LogP contribution in [0.4, 0.5) is 44.5 Å². The van der Waals surface area contributed by atoms with Crippen LogP contribution in [-0.4, -0.2) is 134 Å². The molecule has 4 amide bonds. The van der Waals surface area contributed by atoms with E-state index >= 15 is 0 Å². The molecule has 2 saturated heterocycles. The van der Waals surface area contributed by atoms with Crippen LogP contribution in [0.25, 0.3) is 0 Å². The molecule has 338 valence electrons. The summed E-state index contributed by atoms with van der Waals surface area (Å²) in [6.07, 6.45) is 17.9. The summed E-state index contributed by atoms with van der Waals surface area (Å²) in [5, 5.41) is 47.4. The summed E-state index contributed by atoms with van der Waals surface area (Å²) >= 11 is 6.36. The van der Waals surface area contributed by atoms with E-state index in [4.69, 9.17) is 11.6 Å².